The molecule has 2 aromatic rings. The fraction of sp³-hybridized carbons (Fsp3) is 0.737. The molecule has 4 rings (SSSR count). The number of nitrogens with one attached hydrogen (secondary N) is 1. The Kier molecular flexibility index (Phi) is 15.3. The van der Waals surface area contributed by atoms with Crippen molar-refractivity contribution in [2.45, 2.75) is 234 Å². The summed E-state index contributed by atoms with van der Waals surface area (Å²) in [4.78, 5) is 52.3. The number of phenolic OH excluding ortho intramolecular Hbond substituents is 2. The topological polar surface area (TPSA) is 136 Å². The molecule has 0 spiro atoms. The number of phenols is 2. The fourth-order valence-corrected chi connectivity index (χ4v) is 12.4. The number of ketones is 2. The van der Waals surface area contributed by atoms with Crippen LogP contribution >= 0.6 is 0 Å². The van der Waals surface area contributed by atoms with Gasteiger partial charge in [-0.1, -0.05) is 107 Å². The molecule has 2 saturated heterocycles. The third kappa shape index (κ3) is 10.9. The van der Waals surface area contributed by atoms with Gasteiger partial charge < -0.3 is 10.2 Å². The number of hydrogen-bond donors (Lipinski definition) is 4. The number of aromatic hydroxyl groups is 2. The minimum atomic E-state index is -1.43. The van der Waals surface area contributed by atoms with E-state index in [2.05, 4.69) is 168 Å². The molecule has 1 atom stereocenters. The molecular weight excluding hydrogens is 821 g/mol. The molecule has 0 bridgehead atoms. The molecule has 0 radical (unpaired) electrons. The highest BCUT2D eigenvalue weighted by Crippen LogP contribution is 2.60. The van der Waals surface area contributed by atoms with Crippen LogP contribution in [0.3, 0.4) is 0 Å². The Hall–Kier alpha value is -3.27. The number of aryl methyl sites for hydroxylation is 2. The molecule has 2 aromatic carbocycles. The zero-order chi connectivity index (χ0) is 50.9. The number of carbonyl (C=O) groups is 3. The van der Waals surface area contributed by atoms with Gasteiger partial charge in [0, 0.05) is 35.0 Å². The number of hydrazine groups is 1. The van der Waals surface area contributed by atoms with E-state index in [9.17, 15) is 10.2 Å². The lowest BCUT2D eigenvalue weighted by atomic mass is 9.47. The summed E-state index contributed by atoms with van der Waals surface area (Å²) in [5.41, 5.74) is 3.22. The number of nitrogens with zero attached hydrogens (tertiary/aromatic N) is 2. The van der Waals surface area contributed by atoms with Crippen molar-refractivity contribution in [3.63, 3.8) is 0 Å². The van der Waals surface area contributed by atoms with Crippen molar-refractivity contribution >= 4 is 17.5 Å². The van der Waals surface area contributed by atoms with Crippen molar-refractivity contribution in [2.24, 2.45) is 29.0 Å². The zero-order valence-corrected chi connectivity index (χ0v) is 45.8. The van der Waals surface area contributed by atoms with Crippen LogP contribution in [0.1, 0.15) is 210 Å². The van der Waals surface area contributed by atoms with Crippen LogP contribution < -0.4 is 11.3 Å². The molecule has 0 aromatic heterocycles. The smallest absolute Gasteiger partial charge is 0.245 e. The molecule has 2 aliphatic heterocycles. The van der Waals surface area contributed by atoms with Gasteiger partial charge >= 0.3 is 0 Å². The quantitative estimate of drug-likeness (QED) is 0.0715. The van der Waals surface area contributed by atoms with E-state index in [1.165, 1.54) is 0 Å². The number of likely N-dealkylation sites (tertiary alicyclic amines) is 2. The van der Waals surface area contributed by atoms with Crippen molar-refractivity contribution in [1.29, 1.82) is 0 Å². The van der Waals surface area contributed by atoms with Crippen LogP contribution in [0.15, 0.2) is 24.3 Å². The van der Waals surface area contributed by atoms with Crippen molar-refractivity contribution in [3.05, 3.63) is 57.6 Å². The Morgan fingerprint density at radius 3 is 1.11 bits per heavy atom. The van der Waals surface area contributed by atoms with Gasteiger partial charge in [0.05, 0.1) is 5.41 Å². The number of amides is 1. The molecular formula is C57H94N4O5. The lowest BCUT2D eigenvalue weighted by molar-refractivity contribution is -0.176. The van der Waals surface area contributed by atoms with Gasteiger partial charge in [0.2, 0.25) is 5.91 Å². The number of benzene rings is 2. The first-order valence-electron chi connectivity index (χ1n) is 24.9. The summed E-state index contributed by atoms with van der Waals surface area (Å²) < 4.78 is 0. The van der Waals surface area contributed by atoms with E-state index in [0.29, 0.717) is 38.5 Å². The van der Waals surface area contributed by atoms with E-state index < -0.39 is 17.2 Å². The molecule has 2 aliphatic rings. The van der Waals surface area contributed by atoms with Gasteiger partial charge in [0.25, 0.3) is 0 Å². The Bertz CT molecular complexity index is 1990. The number of carbonyl (C=O) groups excluding carboxylic acids is 3. The predicted molar refractivity (Wildman–Crippen MR) is 273 cm³/mol. The minimum absolute atomic E-state index is 0.0196. The van der Waals surface area contributed by atoms with Gasteiger partial charge in [0.1, 0.15) is 29.0 Å². The Labute approximate surface area is 401 Å². The number of Topliss-reactive ketones (excluding diaryl/α,β-unsaturated/α-hetero) is 2. The SMILES string of the molecule is CN1C(C)(C)CC(C(C(=O)CCc2cc(C(C)(C)C)c(O)c(C(C)(C)C)c2)(C2CC(C)(C)N(C)C(C)(C)C2)C(C(=O)CCc2cc(C(C)(C)C)c(O)c(C(C)(C)C)c2)C(=O)NN)CC1(C)C. The molecule has 5 N–H and O–H groups in total. The molecule has 9 heteroatoms. The largest absolute Gasteiger partial charge is 0.507 e. The molecule has 1 unspecified atom stereocenters. The van der Waals surface area contributed by atoms with E-state index in [0.717, 1.165) is 33.4 Å². The van der Waals surface area contributed by atoms with Crippen LogP contribution in [-0.4, -0.2) is 73.7 Å². The van der Waals surface area contributed by atoms with Crippen molar-refractivity contribution < 1.29 is 24.6 Å². The molecule has 372 valence electrons. The van der Waals surface area contributed by atoms with Crippen LogP contribution in [0.25, 0.3) is 0 Å². The highest BCUT2D eigenvalue weighted by atomic mass is 16.3. The second kappa shape index (κ2) is 18.2. The van der Waals surface area contributed by atoms with Crippen LogP contribution in [-0.2, 0) is 48.9 Å². The summed E-state index contributed by atoms with van der Waals surface area (Å²) in [5.74, 6) is 3.80. The molecule has 9 nitrogen and oxygen atoms in total. The minimum Gasteiger partial charge on any atom is -0.507 e. The fourth-order valence-electron chi connectivity index (χ4n) is 12.4. The van der Waals surface area contributed by atoms with Crippen molar-refractivity contribution in [3.8, 4) is 11.5 Å². The van der Waals surface area contributed by atoms with E-state index in [4.69, 9.17) is 5.84 Å². The molecule has 0 aliphatic carbocycles. The van der Waals surface area contributed by atoms with Crippen LogP contribution in [0.5, 0.6) is 11.5 Å². The Morgan fingerprint density at radius 2 is 0.848 bits per heavy atom. The third-order valence-electron chi connectivity index (χ3n) is 16.5. The summed E-state index contributed by atoms with van der Waals surface area (Å²) in [5, 5.41) is 23.3. The molecule has 1 amide bonds. The second-order valence-corrected chi connectivity index (χ2v) is 27.4. The summed E-state index contributed by atoms with van der Waals surface area (Å²) in [7, 11) is 4.30. The van der Waals surface area contributed by atoms with Crippen LogP contribution in [0.2, 0.25) is 0 Å². The summed E-state index contributed by atoms with van der Waals surface area (Å²) in [6.45, 7) is 42.8. The molecule has 0 saturated carbocycles. The van der Waals surface area contributed by atoms with E-state index >= 15 is 14.4 Å². The zero-order valence-electron chi connectivity index (χ0n) is 45.8. The van der Waals surface area contributed by atoms with Gasteiger partial charge in [-0.3, -0.25) is 29.6 Å². The first-order chi connectivity index (χ1) is 29.6. The van der Waals surface area contributed by atoms with Crippen molar-refractivity contribution in [1.82, 2.24) is 15.2 Å². The predicted octanol–water partition coefficient (Wildman–Crippen LogP) is 11.4. The van der Waals surface area contributed by atoms with Crippen molar-refractivity contribution in [2.75, 3.05) is 14.1 Å². The summed E-state index contributed by atoms with van der Waals surface area (Å²) in [6, 6.07) is 8.11. The van der Waals surface area contributed by atoms with Gasteiger partial charge in [-0.25, -0.2) is 5.84 Å². The first kappa shape index (κ1) is 55.3. The van der Waals surface area contributed by atoms with Crippen LogP contribution in [0, 0.1) is 23.2 Å². The monoisotopic (exact) mass is 915 g/mol. The normalized spacial score (nSPS) is 20.5. The lowest BCUT2D eigenvalue weighted by Gasteiger charge is -2.63. The lowest BCUT2D eigenvalue weighted by Crippen LogP contribution is -2.69. The maximum absolute atomic E-state index is 16.6. The summed E-state index contributed by atoms with van der Waals surface area (Å²) in [6.07, 6.45) is 3.28. The van der Waals surface area contributed by atoms with Crippen LogP contribution in [0.4, 0.5) is 0 Å². The second-order valence-electron chi connectivity index (χ2n) is 27.4. The van der Waals surface area contributed by atoms with Gasteiger partial charge in [-0.15, -0.1) is 0 Å². The first-order valence-corrected chi connectivity index (χ1v) is 24.9. The number of rotatable bonds is 12. The number of hydrogen-bond acceptors (Lipinski definition) is 8. The molecule has 2 heterocycles. The average molecular weight is 915 g/mol. The number of piperidine rings is 2. The summed E-state index contributed by atoms with van der Waals surface area (Å²) >= 11 is 0. The average Bonchev–Trinajstić information content (AvgIpc) is 3.14. The standard InChI is InChI=1S/C57H94N4O5/c1-49(2,3)39-27-35(28-40(46(39)64)50(4,5)6)23-25-43(62)45(48(66)59-58)57(37-31-53(13,14)60(21)54(15,16)32-37,38-33-55(17,18)61(22)56(19,20)34-38)44(63)26-24-36-29-41(51(7,8)9)47(65)42(30-36)52(10,11)12/h27-30,37-38,45,64-65H,23-26,31-34,58H2,1-22H3,(H,59,66). The third-order valence-corrected chi connectivity index (χ3v) is 16.5. The maximum atomic E-state index is 16.6. The number of nitrogens with two attached hydrogens (primary N) is 1. The van der Waals surface area contributed by atoms with E-state index in [-0.39, 0.29) is 91.6 Å². The Balaban J connectivity index is 2.08. The highest BCUT2D eigenvalue weighted by molar-refractivity contribution is 6.07. The highest BCUT2D eigenvalue weighted by Gasteiger charge is 2.65. The van der Waals surface area contributed by atoms with Gasteiger partial charge in [0.15, 0.2) is 0 Å². The molecule has 2 fully saturated rings. The van der Waals surface area contributed by atoms with E-state index in [1.807, 2.05) is 24.3 Å². The Morgan fingerprint density at radius 1 is 0.576 bits per heavy atom. The van der Waals surface area contributed by atoms with E-state index in [1.54, 1.807) is 0 Å². The molecule has 66 heavy (non-hydrogen) atoms. The van der Waals surface area contributed by atoms with Gasteiger partial charge in [-0.05, 0) is 175 Å². The maximum Gasteiger partial charge on any atom is 0.245 e. The van der Waals surface area contributed by atoms with Gasteiger partial charge in [-0.2, -0.15) is 0 Å².